The molecule has 17 heavy (non-hydrogen) atoms. The summed E-state index contributed by atoms with van der Waals surface area (Å²) < 4.78 is 5.33. The average Bonchev–Trinajstić information content (AvgIpc) is 2.79. The fraction of sp³-hybridized carbons (Fsp3) is 0.357. The van der Waals surface area contributed by atoms with Crippen molar-refractivity contribution >= 4 is 0 Å². The van der Waals surface area contributed by atoms with Crippen LogP contribution in [0.25, 0.3) is 11.3 Å². The maximum Gasteiger partial charge on any atom is 0.171 e. The van der Waals surface area contributed by atoms with Gasteiger partial charge in [0.1, 0.15) is 0 Å². The third kappa shape index (κ3) is 2.94. The summed E-state index contributed by atoms with van der Waals surface area (Å²) in [7, 11) is 0. The Balaban J connectivity index is 2.15. The van der Waals surface area contributed by atoms with Gasteiger partial charge in [-0.05, 0) is 19.9 Å². The summed E-state index contributed by atoms with van der Waals surface area (Å²) in [6, 6.07) is 8.31. The van der Waals surface area contributed by atoms with Crippen LogP contribution in [0, 0.1) is 6.92 Å². The topological polar surface area (TPSA) is 38.1 Å². The van der Waals surface area contributed by atoms with Crippen LogP contribution in [0.4, 0.5) is 0 Å². The molecule has 0 fully saturated rings. The van der Waals surface area contributed by atoms with Crippen LogP contribution in [0.1, 0.15) is 24.5 Å². The van der Waals surface area contributed by atoms with E-state index in [4.69, 9.17) is 4.52 Å². The van der Waals surface area contributed by atoms with Crippen LogP contribution in [-0.4, -0.2) is 11.7 Å². The molecule has 0 aliphatic rings. The first-order chi connectivity index (χ1) is 8.31. The van der Waals surface area contributed by atoms with Gasteiger partial charge in [0, 0.05) is 17.7 Å². The third-order valence-electron chi connectivity index (χ3n) is 2.70. The summed E-state index contributed by atoms with van der Waals surface area (Å²) in [6.45, 7) is 6.05. The Morgan fingerprint density at radius 2 is 2.00 bits per heavy atom. The largest absolute Gasteiger partial charge is 0.356 e. The number of nitrogens with one attached hydrogen (secondary N) is 1. The Hall–Kier alpha value is -1.61. The molecule has 0 atom stereocenters. The molecular formula is C14H18N2O. The first kappa shape index (κ1) is 11.9. The highest BCUT2D eigenvalue weighted by Gasteiger charge is 2.09. The Kier molecular flexibility index (Phi) is 3.94. The van der Waals surface area contributed by atoms with E-state index in [1.54, 1.807) is 6.20 Å². The summed E-state index contributed by atoms with van der Waals surface area (Å²) >= 11 is 0. The SMILES string of the molecule is CCCNCc1cnoc1-c1ccc(C)cc1. The van der Waals surface area contributed by atoms with Gasteiger partial charge in [-0.25, -0.2) is 0 Å². The Morgan fingerprint density at radius 3 is 2.71 bits per heavy atom. The minimum Gasteiger partial charge on any atom is -0.356 e. The number of aryl methyl sites for hydroxylation is 1. The van der Waals surface area contributed by atoms with Crippen LogP contribution < -0.4 is 5.32 Å². The van der Waals surface area contributed by atoms with Crippen molar-refractivity contribution in [1.82, 2.24) is 10.5 Å². The quantitative estimate of drug-likeness (QED) is 0.802. The van der Waals surface area contributed by atoms with Crippen LogP contribution in [0.3, 0.4) is 0 Å². The molecule has 2 rings (SSSR count). The average molecular weight is 230 g/mol. The zero-order valence-corrected chi connectivity index (χ0v) is 10.4. The van der Waals surface area contributed by atoms with Gasteiger partial charge in [-0.2, -0.15) is 0 Å². The van der Waals surface area contributed by atoms with Gasteiger partial charge in [0.25, 0.3) is 0 Å². The number of aromatic nitrogens is 1. The second-order valence-corrected chi connectivity index (χ2v) is 4.22. The highest BCUT2D eigenvalue weighted by Crippen LogP contribution is 2.23. The molecule has 90 valence electrons. The van der Waals surface area contributed by atoms with Crippen LogP contribution in [0.5, 0.6) is 0 Å². The van der Waals surface area contributed by atoms with Gasteiger partial charge in [0.2, 0.25) is 0 Å². The second-order valence-electron chi connectivity index (χ2n) is 4.22. The highest BCUT2D eigenvalue weighted by atomic mass is 16.5. The number of hydrogen-bond acceptors (Lipinski definition) is 3. The maximum atomic E-state index is 5.33. The van der Waals surface area contributed by atoms with Crippen molar-refractivity contribution < 1.29 is 4.52 Å². The molecule has 3 nitrogen and oxygen atoms in total. The fourth-order valence-corrected chi connectivity index (χ4v) is 1.73. The molecule has 0 saturated carbocycles. The van der Waals surface area contributed by atoms with Crippen molar-refractivity contribution in [3.05, 3.63) is 41.6 Å². The molecule has 0 aliphatic carbocycles. The fourth-order valence-electron chi connectivity index (χ4n) is 1.73. The normalized spacial score (nSPS) is 10.7. The molecule has 0 saturated heterocycles. The van der Waals surface area contributed by atoms with E-state index in [-0.39, 0.29) is 0 Å². The highest BCUT2D eigenvalue weighted by molar-refractivity contribution is 5.60. The molecular weight excluding hydrogens is 212 g/mol. The van der Waals surface area contributed by atoms with E-state index in [1.807, 2.05) is 0 Å². The molecule has 2 aromatic rings. The summed E-state index contributed by atoms with van der Waals surface area (Å²) in [6.07, 6.45) is 2.92. The predicted octanol–water partition coefficient (Wildman–Crippen LogP) is 3.15. The Morgan fingerprint density at radius 1 is 1.24 bits per heavy atom. The minimum absolute atomic E-state index is 0.806. The maximum absolute atomic E-state index is 5.33. The zero-order valence-electron chi connectivity index (χ0n) is 10.4. The van der Waals surface area contributed by atoms with Gasteiger partial charge in [0.15, 0.2) is 5.76 Å². The third-order valence-corrected chi connectivity index (χ3v) is 2.70. The standard InChI is InChI=1S/C14H18N2O/c1-3-8-15-9-13-10-16-17-14(13)12-6-4-11(2)5-7-12/h4-7,10,15H,3,8-9H2,1-2H3. The van der Waals surface area contributed by atoms with Crippen molar-refractivity contribution in [2.24, 2.45) is 0 Å². The van der Waals surface area contributed by atoms with Crippen molar-refractivity contribution in [2.45, 2.75) is 26.8 Å². The van der Waals surface area contributed by atoms with Crippen molar-refractivity contribution in [3.63, 3.8) is 0 Å². The van der Waals surface area contributed by atoms with E-state index in [0.29, 0.717) is 0 Å². The van der Waals surface area contributed by atoms with Crippen LogP contribution in [0.2, 0.25) is 0 Å². The van der Waals surface area contributed by atoms with Crippen LogP contribution in [-0.2, 0) is 6.54 Å². The van der Waals surface area contributed by atoms with Crippen molar-refractivity contribution in [2.75, 3.05) is 6.54 Å². The lowest BCUT2D eigenvalue weighted by Gasteiger charge is -2.03. The number of benzene rings is 1. The van der Waals surface area contributed by atoms with Gasteiger partial charge in [-0.3, -0.25) is 0 Å². The first-order valence-electron chi connectivity index (χ1n) is 6.02. The summed E-state index contributed by atoms with van der Waals surface area (Å²) in [5.74, 6) is 0.869. The van der Waals surface area contributed by atoms with E-state index in [9.17, 15) is 0 Å². The minimum atomic E-state index is 0.806. The molecule has 0 unspecified atom stereocenters. The molecule has 0 radical (unpaired) electrons. The van der Waals surface area contributed by atoms with E-state index in [1.165, 1.54) is 5.56 Å². The van der Waals surface area contributed by atoms with E-state index in [0.717, 1.165) is 36.4 Å². The lowest BCUT2D eigenvalue weighted by atomic mass is 10.1. The lowest BCUT2D eigenvalue weighted by Crippen LogP contribution is -2.13. The predicted molar refractivity (Wildman–Crippen MR) is 68.7 cm³/mol. The van der Waals surface area contributed by atoms with Gasteiger partial charge in [-0.15, -0.1) is 0 Å². The van der Waals surface area contributed by atoms with Crippen molar-refractivity contribution in [3.8, 4) is 11.3 Å². The van der Waals surface area contributed by atoms with Gasteiger partial charge < -0.3 is 9.84 Å². The number of nitrogens with zero attached hydrogens (tertiary/aromatic N) is 1. The first-order valence-corrected chi connectivity index (χ1v) is 6.02. The monoisotopic (exact) mass is 230 g/mol. The van der Waals surface area contributed by atoms with E-state index >= 15 is 0 Å². The van der Waals surface area contributed by atoms with Gasteiger partial charge in [-0.1, -0.05) is 41.9 Å². The van der Waals surface area contributed by atoms with Crippen molar-refractivity contribution in [1.29, 1.82) is 0 Å². The molecule has 1 aromatic heterocycles. The smallest absolute Gasteiger partial charge is 0.171 e. The molecule has 0 aliphatic heterocycles. The van der Waals surface area contributed by atoms with Gasteiger partial charge >= 0.3 is 0 Å². The van der Waals surface area contributed by atoms with Crippen LogP contribution in [0.15, 0.2) is 35.0 Å². The number of hydrogen-bond donors (Lipinski definition) is 1. The molecule has 0 bridgehead atoms. The Labute approximate surface area is 102 Å². The van der Waals surface area contributed by atoms with Crippen LogP contribution >= 0.6 is 0 Å². The molecule has 1 heterocycles. The summed E-state index contributed by atoms with van der Waals surface area (Å²) in [5, 5.41) is 7.24. The molecule has 3 heteroatoms. The molecule has 0 spiro atoms. The van der Waals surface area contributed by atoms with E-state index in [2.05, 4.69) is 48.6 Å². The number of rotatable bonds is 5. The summed E-state index contributed by atoms with van der Waals surface area (Å²) in [5.41, 5.74) is 3.45. The lowest BCUT2D eigenvalue weighted by molar-refractivity contribution is 0.431. The molecule has 0 amide bonds. The Bertz CT molecular complexity index is 459. The molecule has 1 N–H and O–H groups in total. The van der Waals surface area contributed by atoms with Gasteiger partial charge in [0.05, 0.1) is 6.20 Å². The zero-order chi connectivity index (χ0) is 12.1. The van der Waals surface area contributed by atoms with E-state index < -0.39 is 0 Å². The summed E-state index contributed by atoms with van der Waals surface area (Å²) in [4.78, 5) is 0. The second kappa shape index (κ2) is 5.64. The molecule has 1 aromatic carbocycles.